The lowest BCUT2D eigenvalue weighted by atomic mass is 9.86. The summed E-state index contributed by atoms with van der Waals surface area (Å²) in [7, 11) is 2.13. The number of hydrogen-bond acceptors (Lipinski definition) is 3. The lowest BCUT2D eigenvalue weighted by Crippen LogP contribution is -2.36. The summed E-state index contributed by atoms with van der Waals surface area (Å²) in [6.07, 6.45) is 8.33. The van der Waals surface area contributed by atoms with Gasteiger partial charge in [-0.15, -0.1) is 0 Å². The van der Waals surface area contributed by atoms with Crippen LogP contribution in [0.1, 0.15) is 25.7 Å². The Hall–Kier alpha value is -0.870. The smallest absolute Gasteiger partial charge is 0.0580 e. The summed E-state index contributed by atoms with van der Waals surface area (Å²) in [6, 6.07) is 1.95. The number of hydrogen-bond donors (Lipinski definition) is 1. The van der Waals surface area contributed by atoms with Gasteiger partial charge < -0.3 is 10.0 Å². The summed E-state index contributed by atoms with van der Waals surface area (Å²) < 4.78 is 1.95. The Bertz CT molecular complexity index is 312. The van der Waals surface area contributed by atoms with E-state index in [4.69, 9.17) is 0 Å². The van der Waals surface area contributed by atoms with E-state index in [9.17, 15) is 5.11 Å². The predicted molar refractivity (Wildman–Crippen MR) is 67.7 cm³/mol. The van der Waals surface area contributed by atoms with Crippen LogP contribution in [0.2, 0.25) is 0 Å². The van der Waals surface area contributed by atoms with Gasteiger partial charge in [0.05, 0.1) is 12.6 Å². The van der Waals surface area contributed by atoms with Crippen molar-refractivity contribution in [1.82, 2.24) is 14.7 Å². The molecule has 1 fully saturated rings. The van der Waals surface area contributed by atoms with Gasteiger partial charge in [0.2, 0.25) is 0 Å². The highest BCUT2D eigenvalue weighted by molar-refractivity contribution is 4.79. The predicted octanol–water partition coefficient (Wildman–Crippen LogP) is 1.37. The summed E-state index contributed by atoms with van der Waals surface area (Å²) in [5.41, 5.74) is 0. The molecule has 0 aromatic carbocycles. The second-order valence-electron chi connectivity index (χ2n) is 5.14. The van der Waals surface area contributed by atoms with E-state index in [2.05, 4.69) is 17.0 Å². The largest absolute Gasteiger partial charge is 0.393 e. The molecular formula is C13H23N3O. The zero-order chi connectivity index (χ0) is 12.1. The zero-order valence-electron chi connectivity index (χ0n) is 10.6. The minimum absolute atomic E-state index is 0.0871. The van der Waals surface area contributed by atoms with Crippen LogP contribution in [-0.2, 0) is 6.54 Å². The summed E-state index contributed by atoms with van der Waals surface area (Å²) in [6.45, 7) is 2.92. The number of nitrogens with zero attached hydrogens (tertiary/aromatic N) is 3. The van der Waals surface area contributed by atoms with Crippen molar-refractivity contribution in [2.75, 3.05) is 20.1 Å². The molecule has 2 unspecified atom stereocenters. The molecule has 1 aromatic heterocycles. The minimum atomic E-state index is -0.0871. The molecule has 17 heavy (non-hydrogen) atoms. The molecule has 1 N–H and O–H groups in total. The molecule has 4 nitrogen and oxygen atoms in total. The van der Waals surface area contributed by atoms with E-state index in [1.165, 1.54) is 19.3 Å². The van der Waals surface area contributed by atoms with E-state index in [0.717, 1.165) is 26.1 Å². The molecule has 1 aliphatic carbocycles. The van der Waals surface area contributed by atoms with Crippen molar-refractivity contribution in [3.63, 3.8) is 0 Å². The third-order valence-corrected chi connectivity index (χ3v) is 3.69. The van der Waals surface area contributed by atoms with Gasteiger partial charge in [-0.3, -0.25) is 4.68 Å². The second kappa shape index (κ2) is 6.17. The molecule has 0 saturated heterocycles. The standard InChI is InChI=1S/C13H23N3O/c1-15(9-10-16-8-4-7-14-16)11-12-5-2-3-6-13(12)17/h4,7-8,12-13,17H,2-3,5-6,9-11H2,1H3. The highest BCUT2D eigenvalue weighted by Gasteiger charge is 2.23. The number of aliphatic hydroxyl groups is 1. The normalized spacial score (nSPS) is 25.4. The Balaban J connectivity index is 1.71. The Morgan fingerprint density at radius 1 is 1.41 bits per heavy atom. The quantitative estimate of drug-likeness (QED) is 0.841. The maximum atomic E-state index is 9.93. The molecule has 2 atom stereocenters. The van der Waals surface area contributed by atoms with E-state index in [1.54, 1.807) is 0 Å². The molecule has 1 aliphatic rings. The van der Waals surface area contributed by atoms with Crippen LogP contribution in [0.5, 0.6) is 0 Å². The van der Waals surface area contributed by atoms with Crippen molar-refractivity contribution < 1.29 is 5.11 Å². The minimum Gasteiger partial charge on any atom is -0.393 e. The topological polar surface area (TPSA) is 41.3 Å². The molecule has 96 valence electrons. The molecule has 1 heterocycles. The molecule has 2 rings (SSSR count). The molecule has 0 aliphatic heterocycles. The summed E-state index contributed by atoms with van der Waals surface area (Å²) in [4.78, 5) is 2.31. The van der Waals surface area contributed by atoms with Gasteiger partial charge in [0.15, 0.2) is 0 Å². The third-order valence-electron chi connectivity index (χ3n) is 3.69. The van der Waals surface area contributed by atoms with Gasteiger partial charge in [-0.1, -0.05) is 12.8 Å². The summed E-state index contributed by atoms with van der Waals surface area (Å²) in [5, 5.41) is 14.1. The van der Waals surface area contributed by atoms with Crippen molar-refractivity contribution in [3.05, 3.63) is 18.5 Å². The Morgan fingerprint density at radius 3 is 2.94 bits per heavy atom. The van der Waals surface area contributed by atoms with Crippen molar-refractivity contribution in [2.45, 2.75) is 38.3 Å². The molecule has 1 saturated carbocycles. The highest BCUT2D eigenvalue weighted by Crippen LogP contribution is 2.24. The van der Waals surface area contributed by atoms with Crippen LogP contribution >= 0.6 is 0 Å². The fraction of sp³-hybridized carbons (Fsp3) is 0.769. The van der Waals surface area contributed by atoms with Crippen LogP contribution in [0.3, 0.4) is 0 Å². The third kappa shape index (κ3) is 3.82. The fourth-order valence-electron chi connectivity index (χ4n) is 2.60. The Morgan fingerprint density at radius 2 is 2.24 bits per heavy atom. The Kier molecular flexibility index (Phi) is 4.57. The number of aromatic nitrogens is 2. The lowest BCUT2D eigenvalue weighted by Gasteiger charge is -2.31. The van der Waals surface area contributed by atoms with Crippen LogP contribution in [0.15, 0.2) is 18.5 Å². The monoisotopic (exact) mass is 237 g/mol. The van der Waals surface area contributed by atoms with E-state index < -0.39 is 0 Å². The van der Waals surface area contributed by atoms with Crippen LogP contribution in [0.4, 0.5) is 0 Å². The maximum absolute atomic E-state index is 9.93. The fourth-order valence-corrected chi connectivity index (χ4v) is 2.60. The van der Waals surface area contributed by atoms with E-state index in [1.807, 2.05) is 23.1 Å². The number of likely N-dealkylation sites (N-methyl/N-ethyl adjacent to an activating group) is 1. The number of aliphatic hydroxyl groups excluding tert-OH is 1. The summed E-state index contributed by atoms with van der Waals surface area (Å²) in [5.74, 6) is 0.464. The molecular weight excluding hydrogens is 214 g/mol. The first-order chi connectivity index (χ1) is 8.25. The van der Waals surface area contributed by atoms with Crippen LogP contribution < -0.4 is 0 Å². The molecule has 0 amide bonds. The van der Waals surface area contributed by atoms with Crippen molar-refractivity contribution in [3.8, 4) is 0 Å². The Labute approximate surface area is 103 Å². The van der Waals surface area contributed by atoms with Gasteiger partial charge >= 0.3 is 0 Å². The van der Waals surface area contributed by atoms with Gasteiger partial charge in [0, 0.05) is 25.5 Å². The van der Waals surface area contributed by atoms with Gasteiger partial charge in [-0.2, -0.15) is 5.10 Å². The van der Waals surface area contributed by atoms with Gasteiger partial charge in [-0.25, -0.2) is 0 Å². The first kappa shape index (κ1) is 12.6. The van der Waals surface area contributed by atoms with Crippen LogP contribution in [-0.4, -0.2) is 46.0 Å². The summed E-state index contributed by atoms with van der Waals surface area (Å²) >= 11 is 0. The lowest BCUT2D eigenvalue weighted by molar-refractivity contribution is 0.0507. The van der Waals surface area contributed by atoms with Gasteiger partial charge in [0.1, 0.15) is 0 Å². The van der Waals surface area contributed by atoms with Crippen LogP contribution in [0, 0.1) is 5.92 Å². The average molecular weight is 237 g/mol. The molecule has 0 spiro atoms. The zero-order valence-corrected chi connectivity index (χ0v) is 10.6. The molecule has 4 heteroatoms. The molecule has 0 radical (unpaired) electrons. The van der Waals surface area contributed by atoms with Crippen molar-refractivity contribution in [1.29, 1.82) is 0 Å². The number of rotatable bonds is 5. The van der Waals surface area contributed by atoms with E-state index in [-0.39, 0.29) is 6.10 Å². The first-order valence-corrected chi connectivity index (χ1v) is 6.60. The molecule has 0 bridgehead atoms. The van der Waals surface area contributed by atoms with Gasteiger partial charge in [-0.05, 0) is 31.9 Å². The van der Waals surface area contributed by atoms with Crippen LogP contribution in [0.25, 0.3) is 0 Å². The first-order valence-electron chi connectivity index (χ1n) is 6.60. The molecule has 1 aromatic rings. The highest BCUT2D eigenvalue weighted by atomic mass is 16.3. The van der Waals surface area contributed by atoms with Crippen molar-refractivity contribution >= 4 is 0 Å². The average Bonchev–Trinajstić information content (AvgIpc) is 2.82. The SMILES string of the molecule is CN(CCn1cccn1)CC1CCCCC1O. The second-order valence-corrected chi connectivity index (χ2v) is 5.14. The van der Waals surface area contributed by atoms with E-state index >= 15 is 0 Å². The maximum Gasteiger partial charge on any atom is 0.0580 e. The van der Waals surface area contributed by atoms with Gasteiger partial charge in [0.25, 0.3) is 0 Å². The van der Waals surface area contributed by atoms with E-state index in [0.29, 0.717) is 5.92 Å². The van der Waals surface area contributed by atoms with Crippen molar-refractivity contribution in [2.24, 2.45) is 5.92 Å².